The predicted octanol–water partition coefficient (Wildman–Crippen LogP) is 1.75. The van der Waals surface area contributed by atoms with Gasteiger partial charge in [0.05, 0.1) is 0 Å². The summed E-state index contributed by atoms with van der Waals surface area (Å²) in [5.74, 6) is -0.359. The summed E-state index contributed by atoms with van der Waals surface area (Å²) in [6.07, 6.45) is 0. The van der Waals surface area contributed by atoms with E-state index in [9.17, 15) is 4.39 Å². The minimum absolute atomic E-state index is 0. The Hall–Kier alpha value is 0.206. The Balaban J connectivity index is 0.000000810. The molecular weight excluding hydrogens is 163 g/mol. The molecule has 51 valence electrons. The topological polar surface area (TPSA) is 0 Å². The lowest BCUT2D eigenvalue weighted by Crippen LogP contribution is -1.80. The second-order valence-corrected chi connectivity index (χ2v) is 2.11. The molecule has 0 bridgehead atoms. The van der Waals surface area contributed by atoms with Crippen molar-refractivity contribution in [3.05, 3.63) is 41.5 Å². The van der Waals surface area contributed by atoms with Gasteiger partial charge in [-0.25, -0.2) is 4.39 Å². The maximum absolute atomic E-state index is 12.4. The molecule has 0 saturated heterocycles. The fourth-order valence-corrected chi connectivity index (χ4v) is 0.695. The van der Waals surface area contributed by atoms with Crippen LogP contribution in [0.3, 0.4) is 0 Å². The van der Waals surface area contributed by atoms with Crippen molar-refractivity contribution in [1.29, 1.82) is 0 Å². The van der Waals surface area contributed by atoms with E-state index in [-0.39, 0.29) is 34.4 Å². The molecule has 3 heteroatoms. The van der Waals surface area contributed by atoms with Crippen LogP contribution in [0.25, 0.3) is 0 Å². The first-order chi connectivity index (χ1) is 4.22. The van der Waals surface area contributed by atoms with E-state index < -0.39 is 0 Å². The molecule has 0 nitrogen and oxygen atoms in total. The van der Waals surface area contributed by atoms with Crippen molar-refractivity contribution in [3.63, 3.8) is 0 Å². The molecule has 0 spiro atoms. The Morgan fingerprint density at radius 2 is 2.00 bits per heavy atom. The third kappa shape index (κ3) is 2.11. The fraction of sp³-hybridized carbons (Fsp3) is 0. The first-order valence-electron chi connectivity index (χ1n) is 2.48. The third-order valence-corrected chi connectivity index (χ3v) is 1.42. The molecule has 0 atom stereocenters. The summed E-state index contributed by atoms with van der Waals surface area (Å²) in [5, 5.41) is 0.370. The smallest absolute Gasteiger partial charge is 0.207 e. The largest absolute Gasteiger partial charge is 0.316 e. The molecule has 10 heavy (non-hydrogen) atoms. The molecule has 0 N–H and O–H groups in total. The summed E-state index contributed by atoms with van der Waals surface area (Å²) in [6.45, 7) is 3.41. The van der Waals surface area contributed by atoms with Crippen LogP contribution in [0.4, 0.5) is 4.39 Å². The predicted molar refractivity (Wildman–Crippen MR) is 44.4 cm³/mol. The number of rotatable bonds is 0. The summed E-state index contributed by atoms with van der Waals surface area (Å²) in [5.41, 5.74) is 0.263. The molecule has 0 amide bonds. The molecule has 0 unspecified atom stereocenters. The van der Waals surface area contributed by atoms with Gasteiger partial charge >= 0.3 is 23.1 Å². The molecule has 1 rings (SSSR count). The van der Waals surface area contributed by atoms with Crippen LogP contribution in [0.2, 0.25) is 5.02 Å². The molecular formula is C7H7ClFMg. The van der Waals surface area contributed by atoms with Gasteiger partial charge in [0.15, 0.2) is 0 Å². The SMILES string of the molecule is [CH2]c1c(F)cccc1Cl.[MgH2]. The van der Waals surface area contributed by atoms with E-state index in [0.29, 0.717) is 5.02 Å². The second kappa shape index (κ2) is 4.16. The lowest BCUT2D eigenvalue weighted by molar-refractivity contribution is 0.623. The molecule has 0 saturated carbocycles. The van der Waals surface area contributed by atoms with Crippen molar-refractivity contribution < 1.29 is 4.39 Å². The van der Waals surface area contributed by atoms with Gasteiger partial charge in [0.2, 0.25) is 0 Å². The highest BCUT2D eigenvalue weighted by molar-refractivity contribution is 6.31. The van der Waals surface area contributed by atoms with Crippen LogP contribution in [0.15, 0.2) is 18.2 Å². The van der Waals surface area contributed by atoms with Crippen LogP contribution in [0, 0.1) is 12.7 Å². The fourth-order valence-electron chi connectivity index (χ4n) is 0.532. The van der Waals surface area contributed by atoms with Crippen LogP contribution in [-0.2, 0) is 0 Å². The summed E-state index contributed by atoms with van der Waals surface area (Å²) < 4.78 is 12.4. The van der Waals surface area contributed by atoms with E-state index in [1.165, 1.54) is 6.07 Å². The average molecular weight is 170 g/mol. The van der Waals surface area contributed by atoms with Gasteiger partial charge in [-0.3, -0.25) is 0 Å². The lowest BCUT2D eigenvalue weighted by Gasteiger charge is -1.95. The Morgan fingerprint density at radius 1 is 1.40 bits per heavy atom. The zero-order chi connectivity index (χ0) is 6.85. The van der Waals surface area contributed by atoms with Gasteiger partial charge < -0.3 is 0 Å². The summed E-state index contributed by atoms with van der Waals surface area (Å²) in [4.78, 5) is 0. The van der Waals surface area contributed by atoms with Crippen molar-refractivity contribution in [2.24, 2.45) is 0 Å². The van der Waals surface area contributed by atoms with Crippen molar-refractivity contribution in [2.75, 3.05) is 0 Å². The zero-order valence-corrected chi connectivity index (χ0v) is 5.45. The van der Waals surface area contributed by atoms with Gasteiger partial charge in [-0.1, -0.05) is 17.7 Å². The molecule has 0 aliphatic rings. The second-order valence-electron chi connectivity index (χ2n) is 1.70. The monoisotopic (exact) mass is 169 g/mol. The highest BCUT2D eigenvalue weighted by Crippen LogP contribution is 2.16. The highest BCUT2D eigenvalue weighted by Gasteiger charge is 1.97. The van der Waals surface area contributed by atoms with Gasteiger partial charge in [0.25, 0.3) is 0 Å². The molecule has 0 aromatic heterocycles. The lowest BCUT2D eigenvalue weighted by atomic mass is 10.2. The first-order valence-corrected chi connectivity index (χ1v) is 2.85. The zero-order valence-electron chi connectivity index (χ0n) is 4.70. The Kier molecular flexibility index (Phi) is 4.25. The molecule has 1 radical (unpaired) electrons. The van der Waals surface area contributed by atoms with E-state index >= 15 is 0 Å². The Bertz CT molecular complexity index is 205. The van der Waals surface area contributed by atoms with E-state index in [1.54, 1.807) is 12.1 Å². The van der Waals surface area contributed by atoms with Crippen molar-refractivity contribution in [3.8, 4) is 0 Å². The number of hydrogen-bond donors (Lipinski definition) is 0. The summed E-state index contributed by atoms with van der Waals surface area (Å²) in [7, 11) is 0. The van der Waals surface area contributed by atoms with Gasteiger partial charge in [0.1, 0.15) is 5.82 Å². The molecule has 0 aliphatic carbocycles. The normalized spacial score (nSPS) is 8.70. The van der Waals surface area contributed by atoms with Crippen molar-refractivity contribution >= 4 is 34.7 Å². The number of halogens is 2. The average Bonchev–Trinajstić information content (AvgIpc) is 1.83. The molecule has 1 aromatic carbocycles. The third-order valence-electron chi connectivity index (χ3n) is 1.06. The molecule has 0 heterocycles. The molecule has 1 aromatic rings. The van der Waals surface area contributed by atoms with E-state index in [1.807, 2.05) is 0 Å². The van der Waals surface area contributed by atoms with Gasteiger partial charge in [-0.05, 0) is 19.1 Å². The van der Waals surface area contributed by atoms with Gasteiger partial charge in [-0.2, -0.15) is 0 Å². The standard InChI is InChI=1S/C7H5ClF.Mg.2H/c1-5-6(8)3-2-4-7(5)9;;;/h2-4H,1H2;;;. The van der Waals surface area contributed by atoms with E-state index in [0.717, 1.165) is 0 Å². The van der Waals surface area contributed by atoms with Crippen LogP contribution < -0.4 is 0 Å². The maximum Gasteiger partial charge on any atom is 0.316 e. The van der Waals surface area contributed by atoms with Gasteiger partial charge in [-0.15, -0.1) is 0 Å². The number of benzene rings is 1. The van der Waals surface area contributed by atoms with Crippen LogP contribution in [0.5, 0.6) is 0 Å². The Morgan fingerprint density at radius 3 is 2.40 bits per heavy atom. The van der Waals surface area contributed by atoms with Crippen molar-refractivity contribution in [1.82, 2.24) is 0 Å². The van der Waals surface area contributed by atoms with Crippen LogP contribution in [0.1, 0.15) is 5.56 Å². The molecule has 0 aliphatic heterocycles. The Labute approximate surface area is 80.5 Å². The van der Waals surface area contributed by atoms with E-state index in [2.05, 4.69) is 6.92 Å². The van der Waals surface area contributed by atoms with Crippen molar-refractivity contribution in [2.45, 2.75) is 0 Å². The quantitative estimate of drug-likeness (QED) is 0.520. The first kappa shape index (κ1) is 10.2. The van der Waals surface area contributed by atoms with Crippen LogP contribution in [-0.4, -0.2) is 23.1 Å². The minimum Gasteiger partial charge on any atom is -0.207 e. The molecule has 0 fully saturated rings. The van der Waals surface area contributed by atoms with Crippen LogP contribution >= 0.6 is 11.6 Å². The summed E-state index contributed by atoms with van der Waals surface area (Å²) >= 11 is 5.51. The van der Waals surface area contributed by atoms with Gasteiger partial charge in [0, 0.05) is 10.6 Å². The highest BCUT2D eigenvalue weighted by atomic mass is 35.5. The minimum atomic E-state index is -0.359. The number of hydrogen-bond acceptors (Lipinski definition) is 0. The maximum atomic E-state index is 12.4. The van der Waals surface area contributed by atoms with E-state index in [4.69, 9.17) is 11.6 Å². The summed E-state index contributed by atoms with van der Waals surface area (Å²) in [6, 6.07) is 4.48.